The van der Waals surface area contributed by atoms with E-state index < -0.39 is 0 Å². The molecule has 2 atom stereocenters. The maximum Gasteiger partial charge on any atom is 0.305 e. The lowest BCUT2D eigenvalue weighted by molar-refractivity contribution is -0.141. The summed E-state index contributed by atoms with van der Waals surface area (Å²) in [5.41, 5.74) is 6.76. The molecule has 0 bridgehead atoms. The largest absolute Gasteiger partial charge is 0.469 e. The van der Waals surface area contributed by atoms with Gasteiger partial charge in [0.15, 0.2) is 0 Å². The summed E-state index contributed by atoms with van der Waals surface area (Å²) in [5.74, 6) is -0.182. The van der Waals surface area contributed by atoms with Crippen LogP contribution < -0.4 is 5.73 Å². The first-order valence-corrected chi connectivity index (χ1v) is 6.95. The number of benzene rings is 1. The molecule has 1 aromatic carbocycles. The topological polar surface area (TPSA) is 52.3 Å². The smallest absolute Gasteiger partial charge is 0.305 e. The van der Waals surface area contributed by atoms with Gasteiger partial charge >= 0.3 is 5.97 Å². The molecule has 2 unspecified atom stereocenters. The number of esters is 1. The number of carbonyl (C=O) groups excluding carboxylic acids is 1. The van der Waals surface area contributed by atoms with Crippen LogP contribution in [0.3, 0.4) is 0 Å². The third kappa shape index (κ3) is 4.84. The van der Waals surface area contributed by atoms with Gasteiger partial charge in [-0.25, -0.2) is 0 Å². The van der Waals surface area contributed by atoms with E-state index in [0.29, 0.717) is 33.5 Å². The van der Waals surface area contributed by atoms with Crippen LogP contribution in [-0.4, -0.2) is 13.1 Å². The summed E-state index contributed by atoms with van der Waals surface area (Å²) >= 11 is 18.1. The molecule has 0 saturated carbocycles. The zero-order valence-electron chi connectivity index (χ0n) is 10.8. The number of rotatable bonds is 5. The first kappa shape index (κ1) is 16.6. The van der Waals surface area contributed by atoms with E-state index in [9.17, 15) is 4.79 Å². The first-order chi connectivity index (χ1) is 8.85. The van der Waals surface area contributed by atoms with Crippen molar-refractivity contribution in [3.8, 4) is 0 Å². The first-order valence-electron chi connectivity index (χ1n) is 5.82. The molecule has 106 valence electrons. The summed E-state index contributed by atoms with van der Waals surface area (Å²) in [5, 5.41) is 1.35. The maximum absolute atomic E-state index is 11.2. The number of hydrogen-bond acceptors (Lipinski definition) is 3. The van der Waals surface area contributed by atoms with Gasteiger partial charge in [-0.05, 0) is 24.5 Å². The lowest BCUT2D eigenvalue weighted by Crippen LogP contribution is -2.17. The van der Waals surface area contributed by atoms with Gasteiger partial charge in [-0.2, -0.15) is 0 Å². The highest BCUT2D eigenvalue weighted by atomic mass is 35.5. The Morgan fingerprint density at radius 1 is 1.32 bits per heavy atom. The number of carbonyl (C=O) groups is 1. The lowest BCUT2D eigenvalue weighted by Gasteiger charge is -2.19. The molecule has 0 heterocycles. The Labute approximate surface area is 128 Å². The number of ether oxygens (including phenoxy) is 1. The molecular weight excluding hydrogens is 309 g/mol. The highest BCUT2D eigenvalue weighted by Crippen LogP contribution is 2.35. The molecule has 0 aliphatic rings. The zero-order valence-corrected chi connectivity index (χ0v) is 13.0. The van der Waals surface area contributed by atoms with Crippen molar-refractivity contribution in [2.75, 3.05) is 7.11 Å². The molecule has 19 heavy (non-hydrogen) atoms. The Hall–Kier alpha value is -0.480. The zero-order chi connectivity index (χ0) is 14.6. The summed E-state index contributed by atoms with van der Waals surface area (Å²) in [6.45, 7) is 1.93. The summed E-state index contributed by atoms with van der Waals surface area (Å²) in [6.07, 6.45) is 0.892. The molecular formula is C13H16Cl3NO2. The van der Waals surface area contributed by atoms with Gasteiger partial charge in [0.1, 0.15) is 0 Å². The normalized spacial score (nSPS) is 14.0. The Balaban J connectivity index is 2.78. The van der Waals surface area contributed by atoms with Crippen molar-refractivity contribution in [2.45, 2.75) is 25.8 Å². The number of halogens is 3. The van der Waals surface area contributed by atoms with Gasteiger partial charge in [-0.1, -0.05) is 41.7 Å². The highest BCUT2D eigenvalue weighted by Gasteiger charge is 2.19. The fourth-order valence-electron chi connectivity index (χ4n) is 1.91. The second-order valence-electron chi connectivity index (χ2n) is 4.51. The fraction of sp³-hybridized carbons (Fsp3) is 0.462. The molecule has 2 N–H and O–H groups in total. The molecule has 0 aliphatic carbocycles. The van der Waals surface area contributed by atoms with Crippen LogP contribution in [0.15, 0.2) is 12.1 Å². The van der Waals surface area contributed by atoms with Gasteiger partial charge in [0.05, 0.1) is 7.11 Å². The predicted octanol–water partition coefficient (Wildman–Crippen LogP) is 4.24. The summed E-state index contributed by atoms with van der Waals surface area (Å²) < 4.78 is 4.62. The van der Waals surface area contributed by atoms with Gasteiger partial charge in [-0.3, -0.25) is 4.79 Å². The fourth-order valence-corrected chi connectivity index (χ4v) is 3.01. The van der Waals surface area contributed by atoms with E-state index in [2.05, 4.69) is 4.74 Å². The second-order valence-corrected chi connectivity index (χ2v) is 5.76. The monoisotopic (exact) mass is 323 g/mol. The Morgan fingerprint density at radius 2 is 1.84 bits per heavy atom. The standard InChI is InChI=1S/C13H16Cl3NO2/c1-7(4-12(18)19-2)3-11(17)13-9(15)5-8(14)6-10(13)16/h5-7,11H,3-4,17H2,1-2H3. The van der Waals surface area contributed by atoms with Gasteiger partial charge < -0.3 is 10.5 Å². The average molecular weight is 325 g/mol. The van der Waals surface area contributed by atoms with Gasteiger partial charge in [-0.15, -0.1) is 0 Å². The molecule has 3 nitrogen and oxygen atoms in total. The van der Waals surface area contributed by atoms with Gasteiger partial charge in [0.2, 0.25) is 0 Å². The Morgan fingerprint density at radius 3 is 2.32 bits per heavy atom. The van der Waals surface area contributed by atoms with Crippen LogP contribution in [0.25, 0.3) is 0 Å². The Bertz CT molecular complexity index is 442. The third-order valence-electron chi connectivity index (χ3n) is 2.81. The molecule has 0 aliphatic heterocycles. The molecule has 0 radical (unpaired) electrons. The van der Waals surface area contributed by atoms with Crippen molar-refractivity contribution < 1.29 is 9.53 Å². The quantitative estimate of drug-likeness (QED) is 0.824. The van der Waals surface area contributed by atoms with E-state index in [1.54, 1.807) is 12.1 Å². The molecule has 1 rings (SSSR count). The number of methoxy groups -OCH3 is 1. The molecule has 0 spiro atoms. The van der Waals surface area contributed by atoms with Crippen LogP contribution in [0.1, 0.15) is 31.4 Å². The second kappa shape index (κ2) is 7.34. The van der Waals surface area contributed by atoms with Crippen LogP contribution in [0, 0.1) is 5.92 Å². The molecule has 0 aromatic heterocycles. The predicted molar refractivity (Wildman–Crippen MR) is 78.8 cm³/mol. The minimum atomic E-state index is -0.350. The van der Waals surface area contributed by atoms with E-state index >= 15 is 0 Å². The summed E-state index contributed by atoms with van der Waals surface area (Å²) in [6, 6.07) is 2.86. The van der Waals surface area contributed by atoms with Crippen molar-refractivity contribution in [3.05, 3.63) is 32.8 Å². The van der Waals surface area contributed by atoms with E-state index in [1.165, 1.54) is 7.11 Å². The molecule has 0 saturated heterocycles. The minimum absolute atomic E-state index is 0.0743. The van der Waals surface area contributed by atoms with Crippen LogP contribution >= 0.6 is 34.8 Å². The highest BCUT2D eigenvalue weighted by molar-refractivity contribution is 6.39. The summed E-state index contributed by atoms with van der Waals surface area (Å²) in [4.78, 5) is 11.2. The van der Waals surface area contributed by atoms with Crippen molar-refractivity contribution in [2.24, 2.45) is 11.7 Å². The number of nitrogens with two attached hydrogens (primary N) is 1. The molecule has 6 heteroatoms. The van der Waals surface area contributed by atoms with E-state index in [1.807, 2.05) is 6.92 Å². The van der Waals surface area contributed by atoms with Crippen LogP contribution in [0.5, 0.6) is 0 Å². The van der Waals surface area contributed by atoms with Gasteiger partial charge in [0, 0.05) is 33.1 Å². The van der Waals surface area contributed by atoms with Crippen molar-refractivity contribution in [3.63, 3.8) is 0 Å². The average Bonchev–Trinajstić information content (AvgIpc) is 2.26. The maximum atomic E-state index is 11.2. The van der Waals surface area contributed by atoms with Crippen molar-refractivity contribution >= 4 is 40.8 Å². The number of hydrogen-bond donors (Lipinski definition) is 1. The molecule has 0 amide bonds. The Kier molecular flexibility index (Phi) is 6.40. The third-order valence-corrected chi connectivity index (χ3v) is 3.66. The van der Waals surface area contributed by atoms with Gasteiger partial charge in [0.25, 0.3) is 0 Å². The van der Waals surface area contributed by atoms with Crippen LogP contribution in [-0.2, 0) is 9.53 Å². The summed E-state index contributed by atoms with van der Waals surface area (Å²) in [7, 11) is 1.36. The van der Waals surface area contributed by atoms with E-state index in [0.717, 1.165) is 0 Å². The minimum Gasteiger partial charge on any atom is -0.469 e. The van der Waals surface area contributed by atoms with Crippen LogP contribution in [0.2, 0.25) is 15.1 Å². The molecule has 0 fully saturated rings. The van der Waals surface area contributed by atoms with Crippen LogP contribution in [0.4, 0.5) is 0 Å². The molecule has 1 aromatic rings. The SMILES string of the molecule is COC(=O)CC(C)CC(N)c1c(Cl)cc(Cl)cc1Cl. The van der Waals surface area contributed by atoms with Crippen molar-refractivity contribution in [1.82, 2.24) is 0 Å². The lowest BCUT2D eigenvalue weighted by atomic mass is 9.94. The van der Waals surface area contributed by atoms with E-state index in [-0.39, 0.29) is 17.9 Å². The van der Waals surface area contributed by atoms with E-state index in [4.69, 9.17) is 40.5 Å². The van der Waals surface area contributed by atoms with Crippen molar-refractivity contribution in [1.29, 1.82) is 0 Å².